The molecule has 0 aliphatic rings. The van der Waals surface area contributed by atoms with Gasteiger partial charge in [0.05, 0.1) is 6.61 Å². The molecule has 19 heavy (non-hydrogen) atoms. The van der Waals surface area contributed by atoms with Crippen molar-refractivity contribution in [2.45, 2.75) is 27.4 Å². The van der Waals surface area contributed by atoms with Crippen molar-refractivity contribution in [1.29, 1.82) is 0 Å². The highest BCUT2D eigenvalue weighted by Crippen LogP contribution is 2.20. The summed E-state index contributed by atoms with van der Waals surface area (Å²) in [5, 5.41) is 9.33. The second-order valence-electron chi connectivity index (χ2n) is 5.00. The van der Waals surface area contributed by atoms with E-state index in [1.165, 1.54) is 22.3 Å². The summed E-state index contributed by atoms with van der Waals surface area (Å²) >= 11 is 0. The van der Waals surface area contributed by atoms with Crippen molar-refractivity contribution in [1.82, 2.24) is 0 Å². The smallest absolute Gasteiger partial charge is 0.0687 e. The van der Waals surface area contributed by atoms with E-state index in [9.17, 15) is 5.11 Å². The topological polar surface area (TPSA) is 20.2 Å². The third-order valence-corrected chi connectivity index (χ3v) is 3.39. The summed E-state index contributed by atoms with van der Waals surface area (Å²) in [6.07, 6.45) is 4.22. The first kappa shape index (κ1) is 13.6. The number of rotatable bonds is 3. The van der Waals surface area contributed by atoms with Crippen LogP contribution in [0.4, 0.5) is 0 Å². The van der Waals surface area contributed by atoms with Gasteiger partial charge < -0.3 is 5.11 Å². The number of benzene rings is 2. The van der Waals surface area contributed by atoms with Gasteiger partial charge >= 0.3 is 0 Å². The standard InChI is InChI=1S/C18H20O/c1-13-10-14(2)18(15(3)11-13)9-8-16-6-4-5-7-17(16)12-19/h4-11,19H,12H2,1-3H3. The average Bonchev–Trinajstić information content (AvgIpc) is 2.38. The number of hydrogen-bond donors (Lipinski definition) is 1. The zero-order valence-corrected chi connectivity index (χ0v) is 11.8. The molecule has 2 rings (SSSR count). The Kier molecular flexibility index (Phi) is 4.18. The van der Waals surface area contributed by atoms with Crippen LogP contribution in [0.2, 0.25) is 0 Å². The molecule has 0 unspecified atom stereocenters. The van der Waals surface area contributed by atoms with Gasteiger partial charge in [-0.05, 0) is 48.6 Å². The molecule has 0 saturated heterocycles. The van der Waals surface area contributed by atoms with E-state index in [0.717, 1.165) is 11.1 Å². The van der Waals surface area contributed by atoms with Crippen molar-refractivity contribution < 1.29 is 5.11 Å². The molecule has 1 N–H and O–H groups in total. The molecule has 0 aromatic heterocycles. The van der Waals surface area contributed by atoms with Gasteiger partial charge in [-0.1, -0.05) is 54.1 Å². The molecule has 0 heterocycles. The molecule has 1 heteroatoms. The van der Waals surface area contributed by atoms with Crippen LogP contribution >= 0.6 is 0 Å². The van der Waals surface area contributed by atoms with Crippen molar-refractivity contribution >= 4 is 12.2 Å². The molecule has 0 aliphatic carbocycles. The lowest BCUT2D eigenvalue weighted by Gasteiger charge is -2.08. The molecule has 0 aliphatic heterocycles. The molecule has 0 radical (unpaired) electrons. The van der Waals surface area contributed by atoms with Crippen LogP contribution in [0.25, 0.3) is 12.2 Å². The summed E-state index contributed by atoms with van der Waals surface area (Å²) in [5.74, 6) is 0. The maximum atomic E-state index is 9.33. The normalized spacial score (nSPS) is 11.2. The second-order valence-corrected chi connectivity index (χ2v) is 5.00. The molecule has 0 atom stereocenters. The van der Waals surface area contributed by atoms with Crippen molar-refractivity contribution in [2.24, 2.45) is 0 Å². The fraction of sp³-hybridized carbons (Fsp3) is 0.222. The van der Waals surface area contributed by atoms with Crippen molar-refractivity contribution in [3.05, 3.63) is 69.8 Å². The van der Waals surface area contributed by atoms with Gasteiger partial charge in [-0.3, -0.25) is 0 Å². The van der Waals surface area contributed by atoms with Gasteiger partial charge in [0.2, 0.25) is 0 Å². The molecule has 2 aromatic rings. The molecule has 0 amide bonds. The van der Waals surface area contributed by atoms with Crippen LogP contribution in [-0.2, 0) is 6.61 Å². The first-order chi connectivity index (χ1) is 9.11. The fourth-order valence-corrected chi connectivity index (χ4v) is 2.47. The average molecular weight is 252 g/mol. The van der Waals surface area contributed by atoms with E-state index in [2.05, 4.69) is 45.1 Å². The quantitative estimate of drug-likeness (QED) is 0.809. The molecular formula is C18H20O. The maximum Gasteiger partial charge on any atom is 0.0687 e. The highest BCUT2D eigenvalue weighted by Gasteiger charge is 2.01. The van der Waals surface area contributed by atoms with Gasteiger partial charge in [0.1, 0.15) is 0 Å². The minimum absolute atomic E-state index is 0.0758. The zero-order chi connectivity index (χ0) is 13.8. The van der Waals surface area contributed by atoms with Gasteiger partial charge in [-0.2, -0.15) is 0 Å². The molecule has 0 saturated carbocycles. The van der Waals surface area contributed by atoms with Gasteiger partial charge in [0.25, 0.3) is 0 Å². The minimum atomic E-state index is 0.0758. The van der Waals surface area contributed by atoms with E-state index >= 15 is 0 Å². The van der Waals surface area contributed by atoms with Crippen molar-refractivity contribution in [2.75, 3.05) is 0 Å². The number of aliphatic hydroxyl groups is 1. The Bertz CT molecular complexity index is 586. The summed E-state index contributed by atoms with van der Waals surface area (Å²) in [5.41, 5.74) is 7.16. The summed E-state index contributed by atoms with van der Waals surface area (Å²) < 4.78 is 0. The predicted octanol–water partition coefficient (Wildman–Crippen LogP) is 4.27. The molecule has 98 valence electrons. The molecular weight excluding hydrogens is 232 g/mol. The Morgan fingerprint density at radius 2 is 1.58 bits per heavy atom. The van der Waals surface area contributed by atoms with Crippen LogP contribution in [0, 0.1) is 20.8 Å². The van der Waals surface area contributed by atoms with Crippen molar-refractivity contribution in [3.8, 4) is 0 Å². The minimum Gasteiger partial charge on any atom is -0.392 e. The predicted molar refractivity (Wildman–Crippen MR) is 81.9 cm³/mol. The Morgan fingerprint density at radius 1 is 0.947 bits per heavy atom. The number of aryl methyl sites for hydroxylation is 3. The van der Waals surface area contributed by atoms with E-state index in [-0.39, 0.29) is 6.61 Å². The first-order valence-electron chi connectivity index (χ1n) is 6.56. The SMILES string of the molecule is Cc1cc(C)c(C=Cc2ccccc2CO)c(C)c1. The van der Waals surface area contributed by atoms with Gasteiger partial charge in [0.15, 0.2) is 0 Å². The van der Waals surface area contributed by atoms with Gasteiger partial charge in [0, 0.05) is 0 Å². The van der Waals surface area contributed by atoms with Crippen LogP contribution in [0.1, 0.15) is 33.4 Å². The fourth-order valence-electron chi connectivity index (χ4n) is 2.47. The van der Waals surface area contributed by atoms with Crippen molar-refractivity contribution in [3.63, 3.8) is 0 Å². The summed E-state index contributed by atoms with van der Waals surface area (Å²) in [4.78, 5) is 0. The second kappa shape index (κ2) is 5.85. The molecule has 0 fully saturated rings. The molecule has 1 nitrogen and oxygen atoms in total. The van der Waals surface area contributed by atoms with Crippen LogP contribution in [0.3, 0.4) is 0 Å². The van der Waals surface area contributed by atoms with E-state index < -0.39 is 0 Å². The summed E-state index contributed by atoms with van der Waals surface area (Å²) in [6, 6.07) is 12.3. The largest absolute Gasteiger partial charge is 0.392 e. The van der Waals surface area contributed by atoms with E-state index in [1.807, 2.05) is 24.3 Å². The van der Waals surface area contributed by atoms with Crippen LogP contribution in [0.5, 0.6) is 0 Å². The third-order valence-electron chi connectivity index (χ3n) is 3.39. The highest BCUT2D eigenvalue weighted by atomic mass is 16.3. The Balaban J connectivity index is 2.38. The maximum absolute atomic E-state index is 9.33. The van der Waals surface area contributed by atoms with E-state index in [1.54, 1.807) is 0 Å². The molecule has 0 spiro atoms. The van der Waals surface area contributed by atoms with Gasteiger partial charge in [-0.15, -0.1) is 0 Å². The van der Waals surface area contributed by atoms with Crippen LogP contribution in [-0.4, -0.2) is 5.11 Å². The zero-order valence-electron chi connectivity index (χ0n) is 11.8. The first-order valence-corrected chi connectivity index (χ1v) is 6.56. The Morgan fingerprint density at radius 3 is 2.21 bits per heavy atom. The van der Waals surface area contributed by atoms with E-state index in [0.29, 0.717) is 0 Å². The Labute approximate surface area is 115 Å². The molecule has 2 aromatic carbocycles. The summed E-state index contributed by atoms with van der Waals surface area (Å²) in [6.45, 7) is 6.47. The monoisotopic (exact) mass is 252 g/mol. The number of aliphatic hydroxyl groups excluding tert-OH is 1. The van der Waals surface area contributed by atoms with Crippen LogP contribution in [0.15, 0.2) is 36.4 Å². The number of hydrogen-bond acceptors (Lipinski definition) is 1. The third kappa shape index (κ3) is 3.12. The van der Waals surface area contributed by atoms with E-state index in [4.69, 9.17) is 0 Å². The van der Waals surface area contributed by atoms with Crippen LogP contribution < -0.4 is 0 Å². The lowest BCUT2D eigenvalue weighted by molar-refractivity contribution is 0.281. The Hall–Kier alpha value is -1.86. The van der Waals surface area contributed by atoms with Gasteiger partial charge in [-0.25, -0.2) is 0 Å². The summed E-state index contributed by atoms with van der Waals surface area (Å²) in [7, 11) is 0. The highest BCUT2D eigenvalue weighted by molar-refractivity contribution is 5.74. The lowest BCUT2D eigenvalue weighted by atomic mass is 9.98. The molecule has 0 bridgehead atoms. The lowest BCUT2D eigenvalue weighted by Crippen LogP contribution is -1.90.